The van der Waals surface area contributed by atoms with Gasteiger partial charge in [-0.3, -0.25) is 9.69 Å². The molecule has 51 heavy (non-hydrogen) atoms. The second-order valence-electron chi connectivity index (χ2n) is 16.3. The number of nitrogens with one attached hydrogen (secondary N) is 5. The van der Waals surface area contributed by atoms with E-state index in [4.69, 9.17) is 4.74 Å². The first-order valence-corrected chi connectivity index (χ1v) is 20.6. The zero-order valence-electron chi connectivity index (χ0n) is 30.9. The summed E-state index contributed by atoms with van der Waals surface area (Å²) < 4.78 is 5.83. The van der Waals surface area contributed by atoms with Crippen molar-refractivity contribution < 1.29 is 14.6 Å². The van der Waals surface area contributed by atoms with E-state index < -0.39 is 0 Å². The van der Waals surface area contributed by atoms with Crippen LogP contribution in [0.25, 0.3) is 0 Å². The molecule has 2 saturated heterocycles. The number of piperidine rings is 1. The van der Waals surface area contributed by atoms with Gasteiger partial charge in [-0.25, -0.2) is 10.9 Å². The van der Waals surface area contributed by atoms with Crippen LogP contribution in [0.1, 0.15) is 131 Å². The Balaban J connectivity index is 1.14. The lowest BCUT2D eigenvalue weighted by atomic mass is 9.64. The minimum atomic E-state index is -0.370. The number of fused-ring (bicyclic) bond motifs is 1. The Hall–Kier alpha value is -2.69. The van der Waals surface area contributed by atoms with Gasteiger partial charge in [-0.2, -0.15) is 0 Å². The Labute approximate surface area is 306 Å². The zero-order chi connectivity index (χ0) is 34.9. The summed E-state index contributed by atoms with van der Waals surface area (Å²) in [6, 6.07) is 15.7. The van der Waals surface area contributed by atoms with Crippen LogP contribution in [0.2, 0.25) is 0 Å². The van der Waals surface area contributed by atoms with Crippen molar-refractivity contribution in [2.75, 3.05) is 44.7 Å². The number of β-amino-alcohol motifs (C(OH)–C–C–N with tert-alkyl or cyclic N) is 1. The highest BCUT2D eigenvalue weighted by atomic mass is 16.5. The number of rotatable bonds is 9. The number of hydrazine groups is 1. The average Bonchev–Trinajstić information content (AvgIpc) is 3.79. The number of hydrogen-bond acceptors (Lipinski definition) is 8. The van der Waals surface area contributed by atoms with Gasteiger partial charge in [0.1, 0.15) is 18.0 Å². The third-order valence-electron chi connectivity index (χ3n) is 13.2. The first-order chi connectivity index (χ1) is 25.1. The number of carbonyl (C=O) groups excluding carboxylic acids is 1. The Morgan fingerprint density at radius 3 is 2.37 bits per heavy atom. The maximum atomic E-state index is 13.5. The second kappa shape index (κ2) is 17.4. The summed E-state index contributed by atoms with van der Waals surface area (Å²) in [5.74, 6) is 1.69. The fourth-order valence-corrected chi connectivity index (χ4v) is 10.5. The SMILES string of the molecule is O=C(N[C@H]1COc2ccccc21)c1cccc(NCC2(C3CCCCCCCC3)NNC(C3CCNCC34CCCCCCCC4)N2CCO)c1. The smallest absolute Gasteiger partial charge is 0.251 e. The van der Waals surface area contributed by atoms with Crippen LogP contribution in [-0.2, 0) is 0 Å². The number of hydrogen-bond donors (Lipinski definition) is 6. The van der Waals surface area contributed by atoms with E-state index in [1.54, 1.807) is 0 Å². The highest BCUT2D eigenvalue weighted by Gasteiger charge is 2.56. The summed E-state index contributed by atoms with van der Waals surface area (Å²) in [6.45, 7) is 4.07. The third kappa shape index (κ3) is 8.28. The van der Waals surface area contributed by atoms with Gasteiger partial charge in [0.15, 0.2) is 0 Å². The number of ether oxygens (including phenoxy) is 1. The molecular formula is C42H64N6O3. The summed E-state index contributed by atoms with van der Waals surface area (Å²) in [6.07, 6.45) is 22.0. The quantitative estimate of drug-likeness (QED) is 0.168. The molecule has 1 spiro atoms. The number of nitrogens with zero attached hydrogens (tertiary/aromatic N) is 1. The molecule has 2 saturated carbocycles. The maximum Gasteiger partial charge on any atom is 0.251 e. The average molecular weight is 701 g/mol. The predicted octanol–water partition coefficient (Wildman–Crippen LogP) is 6.87. The highest BCUT2D eigenvalue weighted by Crippen LogP contribution is 2.48. The number of benzene rings is 2. The summed E-state index contributed by atoms with van der Waals surface area (Å²) in [5, 5.41) is 21.6. The van der Waals surface area contributed by atoms with Crippen LogP contribution >= 0.6 is 0 Å². The molecule has 4 fully saturated rings. The molecule has 280 valence electrons. The molecule has 1 amide bonds. The van der Waals surface area contributed by atoms with Gasteiger partial charge < -0.3 is 25.8 Å². The van der Waals surface area contributed by atoms with Crippen molar-refractivity contribution in [1.82, 2.24) is 26.4 Å². The summed E-state index contributed by atoms with van der Waals surface area (Å²) in [4.78, 5) is 16.2. The molecule has 3 aliphatic heterocycles. The molecule has 2 aliphatic carbocycles. The molecule has 9 heteroatoms. The van der Waals surface area contributed by atoms with Crippen LogP contribution in [0.5, 0.6) is 5.75 Å². The van der Waals surface area contributed by atoms with E-state index >= 15 is 0 Å². The minimum Gasteiger partial charge on any atom is -0.491 e. The van der Waals surface area contributed by atoms with Gasteiger partial charge >= 0.3 is 0 Å². The Bertz CT molecular complexity index is 1400. The van der Waals surface area contributed by atoms with E-state index in [0.717, 1.165) is 36.5 Å². The molecule has 6 N–H and O–H groups in total. The van der Waals surface area contributed by atoms with Crippen molar-refractivity contribution in [3.8, 4) is 5.75 Å². The number of aliphatic hydroxyl groups is 1. The molecule has 7 rings (SSSR count). The minimum absolute atomic E-state index is 0.0937. The van der Waals surface area contributed by atoms with Gasteiger partial charge in [-0.1, -0.05) is 101 Å². The van der Waals surface area contributed by atoms with Gasteiger partial charge in [0.25, 0.3) is 5.91 Å². The molecule has 0 bridgehead atoms. The lowest BCUT2D eigenvalue weighted by molar-refractivity contribution is -0.0386. The van der Waals surface area contributed by atoms with Gasteiger partial charge in [-0.05, 0) is 80.2 Å². The molecular weight excluding hydrogens is 637 g/mol. The molecule has 3 heterocycles. The van der Waals surface area contributed by atoms with Crippen molar-refractivity contribution in [1.29, 1.82) is 0 Å². The lowest BCUT2D eigenvalue weighted by Gasteiger charge is -2.52. The van der Waals surface area contributed by atoms with Crippen LogP contribution in [0, 0.1) is 17.3 Å². The molecule has 3 unspecified atom stereocenters. The molecule has 2 aromatic rings. The fraction of sp³-hybridized carbons (Fsp3) is 0.690. The van der Waals surface area contributed by atoms with E-state index in [9.17, 15) is 9.90 Å². The van der Waals surface area contributed by atoms with Crippen LogP contribution < -0.4 is 31.5 Å². The van der Waals surface area contributed by atoms with E-state index in [1.807, 2.05) is 42.5 Å². The monoisotopic (exact) mass is 701 g/mol. The Kier molecular flexibility index (Phi) is 12.5. The topological polar surface area (TPSA) is 110 Å². The van der Waals surface area contributed by atoms with Crippen molar-refractivity contribution in [2.24, 2.45) is 17.3 Å². The van der Waals surface area contributed by atoms with E-state index in [2.05, 4.69) is 37.8 Å². The van der Waals surface area contributed by atoms with Crippen LogP contribution in [-0.4, -0.2) is 67.1 Å². The molecule has 4 atom stereocenters. The summed E-state index contributed by atoms with van der Waals surface area (Å²) >= 11 is 0. The Morgan fingerprint density at radius 2 is 1.61 bits per heavy atom. The fourth-order valence-electron chi connectivity index (χ4n) is 10.5. The van der Waals surface area contributed by atoms with Crippen LogP contribution in [0.15, 0.2) is 48.5 Å². The standard InChI is InChI=1S/C42H64N6O3/c49-27-26-48-39(36-22-25-43-30-41(36)23-13-7-3-4-8-14-24-41)46-47-42(48,33-17-9-5-1-2-6-10-18-33)31-44-34-19-15-16-32(28-34)40(50)45-37-29-51-38-21-12-11-20-35(37)38/h11-12,15-16,19-21,28,33,36-37,39,43-44,46-47,49H,1-10,13-14,17-18,22-27,29-31H2,(H,45,50)/t36?,37-,39?,42?/m0/s1. The summed E-state index contributed by atoms with van der Waals surface area (Å²) in [7, 11) is 0. The molecule has 5 aliphatic rings. The van der Waals surface area contributed by atoms with E-state index in [0.29, 0.717) is 37.1 Å². The first kappa shape index (κ1) is 36.7. The largest absolute Gasteiger partial charge is 0.491 e. The van der Waals surface area contributed by atoms with Gasteiger partial charge in [0, 0.05) is 36.4 Å². The van der Waals surface area contributed by atoms with E-state index in [1.165, 1.54) is 103 Å². The Morgan fingerprint density at radius 1 is 0.882 bits per heavy atom. The van der Waals surface area contributed by atoms with Crippen molar-refractivity contribution >= 4 is 11.6 Å². The van der Waals surface area contributed by atoms with E-state index in [-0.39, 0.29) is 35.8 Å². The number of aliphatic hydroxyl groups excluding tert-OH is 1. The predicted molar refractivity (Wildman–Crippen MR) is 204 cm³/mol. The normalized spacial score (nSPS) is 29.4. The second-order valence-corrected chi connectivity index (χ2v) is 16.3. The summed E-state index contributed by atoms with van der Waals surface area (Å²) in [5.41, 5.74) is 10.5. The van der Waals surface area contributed by atoms with Crippen molar-refractivity contribution in [3.05, 3.63) is 59.7 Å². The number of amides is 1. The molecule has 0 radical (unpaired) electrons. The maximum absolute atomic E-state index is 13.5. The highest BCUT2D eigenvalue weighted by molar-refractivity contribution is 5.95. The number of anilines is 1. The lowest BCUT2D eigenvalue weighted by Crippen LogP contribution is -2.64. The number of para-hydroxylation sites is 1. The van der Waals surface area contributed by atoms with Gasteiger partial charge in [0.05, 0.1) is 18.8 Å². The van der Waals surface area contributed by atoms with Crippen molar-refractivity contribution in [2.45, 2.75) is 127 Å². The molecule has 9 nitrogen and oxygen atoms in total. The molecule has 0 aromatic heterocycles. The third-order valence-corrected chi connectivity index (χ3v) is 13.2. The first-order valence-electron chi connectivity index (χ1n) is 20.6. The van der Waals surface area contributed by atoms with Crippen LogP contribution in [0.4, 0.5) is 5.69 Å². The molecule has 2 aromatic carbocycles. The van der Waals surface area contributed by atoms with Gasteiger partial charge in [-0.15, -0.1) is 0 Å². The van der Waals surface area contributed by atoms with Gasteiger partial charge in [0.2, 0.25) is 0 Å². The van der Waals surface area contributed by atoms with Crippen molar-refractivity contribution in [3.63, 3.8) is 0 Å². The van der Waals surface area contributed by atoms with Crippen LogP contribution in [0.3, 0.4) is 0 Å². The zero-order valence-corrected chi connectivity index (χ0v) is 30.9. The number of carbonyl (C=O) groups is 1.